The summed E-state index contributed by atoms with van der Waals surface area (Å²) < 4.78 is 0. The van der Waals surface area contributed by atoms with E-state index in [-0.39, 0.29) is 11.4 Å². The average molecular weight is 282 g/mol. The Morgan fingerprint density at radius 1 is 1.58 bits per heavy atom. The molecule has 7 nitrogen and oxygen atoms in total. The first kappa shape index (κ1) is 13.6. The number of nitrogens with two attached hydrogens (primary N) is 2. The first-order chi connectivity index (χ1) is 9.11. The lowest BCUT2D eigenvalue weighted by Crippen LogP contribution is -2.45. The minimum Gasteiger partial charge on any atom is -0.394 e. The summed E-state index contributed by atoms with van der Waals surface area (Å²) in [6.45, 7) is 0.459. The Balaban J connectivity index is 2.16. The van der Waals surface area contributed by atoms with Gasteiger partial charge in [0.2, 0.25) is 5.28 Å². The second-order valence-electron chi connectivity index (χ2n) is 4.03. The van der Waals surface area contributed by atoms with Gasteiger partial charge in [-0.1, -0.05) is 6.08 Å². The van der Waals surface area contributed by atoms with Gasteiger partial charge in [-0.05, 0) is 36.5 Å². The fourth-order valence-corrected chi connectivity index (χ4v) is 1.93. The molecule has 1 aliphatic rings. The van der Waals surface area contributed by atoms with E-state index in [2.05, 4.69) is 20.6 Å². The van der Waals surface area contributed by atoms with Crippen molar-refractivity contribution in [2.24, 2.45) is 5.84 Å². The molecule has 1 aromatic rings. The van der Waals surface area contributed by atoms with Crippen LogP contribution in [0.4, 0.5) is 11.5 Å². The van der Waals surface area contributed by atoms with Crippen LogP contribution >= 0.6 is 11.6 Å². The number of nitrogen functional groups attached to an aromatic ring is 1. The Morgan fingerprint density at radius 2 is 2.37 bits per heavy atom. The second-order valence-corrected chi connectivity index (χ2v) is 4.37. The summed E-state index contributed by atoms with van der Waals surface area (Å²) in [5.41, 5.74) is 7.23. The maximum Gasteiger partial charge on any atom is 0.224 e. The highest BCUT2D eigenvalue weighted by Crippen LogP contribution is 2.20. The van der Waals surface area contributed by atoms with Crippen molar-refractivity contribution in [1.82, 2.24) is 20.6 Å². The Kier molecular flexibility index (Phi) is 4.20. The predicted octanol–water partition coefficient (Wildman–Crippen LogP) is -0.0189. The highest BCUT2D eigenvalue weighted by atomic mass is 35.5. The number of halogens is 1. The number of aromatic nitrogens is 2. The van der Waals surface area contributed by atoms with E-state index in [0.717, 1.165) is 5.57 Å². The Labute approximate surface area is 116 Å². The number of rotatable bonds is 4. The molecule has 0 fully saturated rings. The number of dihydropyridines is 1. The molecule has 0 aromatic carbocycles. The van der Waals surface area contributed by atoms with Crippen LogP contribution in [0.1, 0.15) is 0 Å². The van der Waals surface area contributed by atoms with Crippen LogP contribution in [0.25, 0.3) is 0 Å². The van der Waals surface area contributed by atoms with E-state index in [1.54, 1.807) is 0 Å². The smallest absolute Gasteiger partial charge is 0.224 e. The van der Waals surface area contributed by atoms with Crippen LogP contribution < -0.4 is 27.2 Å². The molecule has 2 heterocycles. The monoisotopic (exact) mass is 281 g/mol. The fourth-order valence-electron chi connectivity index (χ4n) is 1.80. The number of hydrogen-bond donors (Lipinski definition) is 4. The highest BCUT2D eigenvalue weighted by molar-refractivity contribution is 6.28. The summed E-state index contributed by atoms with van der Waals surface area (Å²) in [5, 5.41) is 7.86. The molecule has 0 aliphatic carbocycles. The molecule has 1 aliphatic heterocycles. The molecule has 102 valence electrons. The molecule has 1 atom stereocenters. The van der Waals surface area contributed by atoms with E-state index in [1.807, 2.05) is 25.4 Å². The number of hydrogen-bond acceptors (Lipinski definition) is 7. The molecular weight excluding hydrogens is 266 g/mol. The molecule has 1 aromatic heterocycles. The molecule has 2 rings (SSSR count). The number of likely N-dealkylation sites (N-methyl/N-ethyl adjacent to an activating group) is 1. The minimum absolute atomic E-state index is 0.0228. The van der Waals surface area contributed by atoms with Crippen molar-refractivity contribution in [1.29, 1.82) is 0 Å². The SMILES string of the molecule is CNC1NC=CC=C1CN(N)c1nc(Cl)ncc1N. The van der Waals surface area contributed by atoms with Gasteiger partial charge in [0.15, 0.2) is 5.82 Å². The van der Waals surface area contributed by atoms with Gasteiger partial charge in [-0.3, -0.25) is 10.3 Å². The van der Waals surface area contributed by atoms with Crippen LogP contribution in [0.2, 0.25) is 5.28 Å². The molecule has 0 bridgehead atoms. The topological polar surface area (TPSA) is 105 Å². The summed E-state index contributed by atoms with van der Waals surface area (Å²) >= 11 is 5.75. The van der Waals surface area contributed by atoms with Gasteiger partial charge >= 0.3 is 0 Å². The van der Waals surface area contributed by atoms with E-state index < -0.39 is 0 Å². The lowest BCUT2D eigenvalue weighted by molar-refractivity contribution is 0.562. The van der Waals surface area contributed by atoms with Gasteiger partial charge < -0.3 is 11.1 Å². The normalized spacial score (nSPS) is 17.8. The molecule has 0 amide bonds. The van der Waals surface area contributed by atoms with Gasteiger partial charge in [-0.15, -0.1) is 0 Å². The summed E-state index contributed by atoms with van der Waals surface area (Å²) in [4.78, 5) is 7.83. The van der Waals surface area contributed by atoms with Gasteiger partial charge in [-0.2, -0.15) is 4.98 Å². The maximum absolute atomic E-state index is 6.00. The predicted molar refractivity (Wildman–Crippen MR) is 76.2 cm³/mol. The van der Waals surface area contributed by atoms with Crippen molar-refractivity contribution in [2.45, 2.75) is 6.17 Å². The number of nitrogens with one attached hydrogen (secondary N) is 2. The maximum atomic E-state index is 6.00. The summed E-state index contributed by atoms with van der Waals surface area (Å²) in [6, 6.07) is 0. The number of allylic oxidation sites excluding steroid dienone is 2. The van der Waals surface area contributed by atoms with E-state index in [1.165, 1.54) is 11.2 Å². The third-order valence-electron chi connectivity index (χ3n) is 2.72. The fraction of sp³-hybridized carbons (Fsp3) is 0.273. The zero-order valence-corrected chi connectivity index (χ0v) is 11.2. The lowest BCUT2D eigenvalue weighted by atomic mass is 10.1. The molecule has 19 heavy (non-hydrogen) atoms. The van der Waals surface area contributed by atoms with Crippen molar-refractivity contribution in [3.05, 3.63) is 35.4 Å². The van der Waals surface area contributed by atoms with Gasteiger partial charge in [0.05, 0.1) is 18.4 Å². The molecule has 8 heteroatoms. The first-order valence-electron chi connectivity index (χ1n) is 5.71. The van der Waals surface area contributed by atoms with Crippen molar-refractivity contribution in [3.63, 3.8) is 0 Å². The van der Waals surface area contributed by atoms with Crippen LogP contribution in [0.5, 0.6) is 0 Å². The third kappa shape index (κ3) is 3.14. The standard InChI is InChI=1S/C11H16ClN7/c1-15-9-7(3-2-4-16-9)6-19(14)10-8(13)5-17-11(12)18-10/h2-5,9,15-16H,6,13-14H2,1H3. The average Bonchev–Trinajstić information content (AvgIpc) is 2.42. The zero-order chi connectivity index (χ0) is 13.8. The van der Waals surface area contributed by atoms with Crippen LogP contribution in [0.15, 0.2) is 30.1 Å². The summed E-state index contributed by atoms with van der Waals surface area (Å²) in [5.74, 6) is 6.40. The molecule has 0 saturated carbocycles. The molecular formula is C11H16ClN7. The minimum atomic E-state index is 0.0228. The number of anilines is 2. The van der Waals surface area contributed by atoms with E-state index in [0.29, 0.717) is 18.1 Å². The van der Waals surface area contributed by atoms with Crippen LogP contribution in [0.3, 0.4) is 0 Å². The zero-order valence-electron chi connectivity index (χ0n) is 10.5. The Bertz CT molecular complexity index is 514. The largest absolute Gasteiger partial charge is 0.394 e. The lowest BCUT2D eigenvalue weighted by Gasteiger charge is -2.27. The molecule has 6 N–H and O–H groups in total. The van der Waals surface area contributed by atoms with Gasteiger partial charge in [0, 0.05) is 0 Å². The third-order valence-corrected chi connectivity index (χ3v) is 2.90. The second kappa shape index (κ2) is 5.87. The van der Waals surface area contributed by atoms with Crippen LogP contribution in [-0.4, -0.2) is 29.7 Å². The molecule has 1 unspecified atom stereocenters. The quantitative estimate of drug-likeness (QED) is 0.349. The molecule has 0 spiro atoms. The Morgan fingerprint density at radius 3 is 3.11 bits per heavy atom. The van der Waals surface area contributed by atoms with Crippen LogP contribution in [-0.2, 0) is 0 Å². The van der Waals surface area contributed by atoms with Crippen molar-refractivity contribution >= 4 is 23.1 Å². The number of nitrogens with zero attached hydrogens (tertiary/aromatic N) is 3. The number of hydrazine groups is 1. The van der Waals surface area contributed by atoms with Gasteiger partial charge in [0.25, 0.3) is 0 Å². The van der Waals surface area contributed by atoms with Crippen molar-refractivity contribution in [3.8, 4) is 0 Å². The van der Waals surface area contributed by atoms with E-state index >= 15 is 0 Å². The van der Waals surface area contributed by atoms with Crippen molar-refractivity contribution < 1.29 is 0 Å². The Hall–Kier alpha value is -1.83. The highest BCUT2D eigenvalue weighted by Gasteiger charge is 2.17. The summed E-state index contributed by atoms with van der Waals surface area (Å²) in [6.07, 6.45) is 7.22. The van der Waals surface area contributed by atoms with E-state index in [9.17, 15) is 0 Å². The van der Waals surface area contributed by atoms with Gasteiger partial charge in [-0.25, -0.2) is 10.8 Å². The first-order valence-corrected chi connectivity index (χ1v) is 6.08. The van der Waals surface area contributed by atoms with Crippen LogP contribution in [0, 0.1) is 0 Å². The van der Waals surface area contributed by atoms with Gasteiger partial charge in [0.1, 0.15) is 6.17 Å². The van der Waals surface area contributed by atoms with E-state index in [4.69, 9.17) is 23.2 Å². The molecule has 0 radical (unpaired) electrons. The summed E-state index contributed by atoms with van der Waals surface area (Å²) in [7, 11) is 1.86. The molecule has 0 saturated heterocycles. The van der Waals surface area contributed by atoms with Crippen molar-refractivity contribution in [2.75, 3.05) is 24.3 Å².